The number of carbonyl (C=O) groups excluding carboxylic acids is 1. The first-order valence-corrected chi connectivity index (χ1v) is 5.41. The van der Waals surface area contributed by atoms with E-state index >= 15 is 0 Å². The minimum absolute atomic E-state index is 0.187. The maximum absolute atomic E-state index is 11.8. The van der Waals surface area contributed by atoms with Crippen LogP contribution < -0.4 is 5.32 Å². The Morgan fingerprint density at radius 1 is 1.39 bits per heavy atom. The van der Waals surface area contributed by atoms with E-state index in [1.165, 1.54) is 18.3 Å². The maximum atomic E-state index is 11.8. The van der Waals surface area contributed by atoms with Gasteiger partial charge in [0.1, 0.15) is 11.8 Å². The van der Waals surface area contributed by atoms with Gasteiger partial charge in [-0.2, -0.15) is 0 Å². The number of hydrogen-bond donors (Lipinski definition) is 3. The summed E-state index contributed by atoms with van der Waals surface area (Å²) in [6.07, 6.45) is 1.35. The fourth-order valence-corrected chi connectivity index (χ4v) is 1.42. The van der Waals surface area contributed by atoms with Crippen LogP contribution in [0, 0.1) is 5.41 Å². The highest BCUT2D eigenvalue weighted by atomic mass is 16.4. The molecule has 0 aliphatic rings. The summed E-state index contributed by atoms with van der Waals surface area (Å²) in [6.45, 7) is 5.10. The van der Waals surface area contributed by atoms with Crippen LogP contribution in [0.4, 0.5) is 0 Å². The van der Waals surface area contributed by atoms with Gasteiger partial charge >= 0.3 is 5.97 Å². The molecule has 0 aliphatic carbocycles. The molecule has 6 nitrogen and oxygen atoms in total. The van der Waals surface area contributed by atoms with Gasteiger partial charge in [-0.15, -0.1) is 0 Å². The van der Waals surface area contributed by atoms with Crippen molar-refractivity contribution < 1.29 is 19.8 Å². The molecule has 1 aromatic heterocycles. The van der Waals surface area contributed by atoms with Gasteiger partial charge in [-0.05, 0) is 17.5 Å². The summed E-state index contributed by atoms with van der Waals surface area (Å²) in [6, 6.07) is 1.73. The zero-order chi connectivity index (χ0) is 13.9. The molecule has 0 radical (unpaired) electrons. The molecule has 0 aliphatic heterocycles. The molecule has 18 heavy (non-hydrogen) atoms. The van der Waals surface area contributed by atoms with Gasteiger partial charge in [-0.1, -0.05) is 20.8 Å². The smallest absolute Gasteiger partial charge is 0.326 e. The summed E-state index contributed by atoms with van der Waals surface area (Å²) in [5, 5.41) is 20.9. The first-order chi connectivity index (χ1) is 8.23. The van der Waals surface area contributed by atoms with E-state index in [1.54, 1.807) is 20.8 Å². The van der Waals surface area contributed by atoms with E-state index in [-0.39, 0.29) is 11.4 Å². The van der Waals surface area contributed by atoms with Gasteiger partial charge in [-0.25, -0.2) is 9.78 Å². The van der Waals surface area contributed by atoms with Crippen molar-refractivity contribution in [1.82, 2.24) is 10.3 Å². The number of nitrogens with zero attached hydrogens (tertiary/aromatic N) is 1. The number of carboxylic acids is 1. The van der Waals surface area contributed by atoms with Crippen LogP contribution in [0.15, 0.2) is 18.3 Å². The summed E-state index contributed by atoms with van der Waals surface area (Å²) >= 11 is 0. The van der Waals surface area contributed by atoms with Crippen LogP contribution in [0.1, 0.15) is 31.3 Å². The van der Waals surface area contributed by atoms with Crippen molar-refractivity contribution >= 4 is 11.9 Å². The third-order valence-electron chi connectivity index (χ3n) is 2.39. The second-order valence-corrected chi connectivity index (χ2v) is 4.98. The predicted molar refractivity (Wildman–Crippen MR) is 64.2 cm³/mol. The molecule has 1 amide bonds. The van der Waals surface area contributed by atoms with Crippen LogP contribution in [0.25, 0.3) is 0 Å². The molecule has 0 fully saturated rings. The molecule has 1 aromatic rings. The van der Waals surface area contributed by atoms with Crippen molar-refractivity contribution in [3.05, 3.63) is 24.0 Å². The van der Waals surface area contributed by atoms with E-state index in [9.17, 15) is 14.7 Å². The van der Waals surface area contributed by atoms with E-state index in [0.29, 0.717) is 0 Å². The van der Waals surface area contributed by atoms with Crippen LogP contribution >= 0.6 is 0 Å². The molecule has 0 spiro atoms. The number of amides is 1. The molecule has 0 saturated carbocycles. The van der Waals surface area contributed by atoms with Crippen molar-refractivity contribution in [3.8, 4) is 5.75 Å². The molecule has 1 rings (SSSR count). The Bertz CT molecular complexity index is 465. The van der Waals surface area contributed by atoms with Crippen LogP contribution in [0.2, 0.25) is 0 Å². The number of carboxylic acid groups (broad SMARTS) is 1. The molecule has 6 heteroatoms. The standard InChI is InChI=1S/C12H16N2O4/c1-12(2,3)9(11(17)18)14-10(16)8-7(15)5-4-6-13-8/h4-6,9,15H,1-3H3,(H,14,16)(H,17,18)/t9-/m0/s1. The van der Waals surface area contributed by atoms with Crippen LogP contribution in [0.5, 0.6) is 5.75 Å². The Labute approximate surface area is 105 Å². The predicted octanol–water partition coefficient (Wildman–Crippen LogP) is 1.02. The molecule has 0 aromatic carbocycles. The lowest BCUT2D eigenvalue weighted by atomic mass is 9.86. The topological polar surface area (TPSA) is 99.5 Å². The van der Waals surface area contributed by atoms with E-state index in [1.807, 2.05) is 0 Å². The van der Waals surface area contributed by atoms with Crippen molar-refractivity contribution in [2.45, 2.75) is 26.8 Å². The second kappa shape index (κ2) is 5.03. The van der Waals surface area contributed by atoms with E-state index in [4.69, 9.17) is 5.11 Å². The van der Waals surface area contributed by atoms with E-state index in [2.05, 4.69) is 10.3 Å². The lowest BCUT2D eigenvalue weighted by Gasteiger charge is -2.27. The average molecular weight is 252 g/mol. The third-order valence-corrected chi connectivity index (χ3v) is 2.39. The minimum Gasteiger partial charge on any atom is -0.505 e. The molecule has 1 atom stereocenters. The zero-order valence-electron chi connectivity index (χ0n) is 10.5. The highest BCUT2D eigenvalue weighted by Crippen LogP contribution is 2.20. The zero-order valence-corrected chi connectivity index (χ0v) is 10.5. The highest BCUT2D eigenvalue weighted by molar-refractivity contribution is 5.97. The van der Waals surface area contributed by atoms with Crippen molar-refractivity contribution in [1.29, 1.82) is 0 Å². The first-order valence-electron chi connectivity index (χ1n) is 5.41. The molecular weight excluding hydrogens is 236 g/mol. The van der Waals surface area contributed by atoms with Crippen molar-refractivity contribution in [3.63, 3.8) is 0 Å². The van der Waals surface area contributed by atoms with Gasteiger partial charge in [0.05, 0.1) is 0 Å². The maximum Gasteiger partial charge on any atom is 0.326 e. The third kappa shape index (κ3) is 3.19. The normalized spacial score (nSPS) is 12.8. The number of nitrogens with one attached hydrogen (secondary N) is 1. The van der Waals surface area contributed by atoms with E-state index in [0.717, 1.165) is 0 Å². The van der Waals surface area contributed by atoms with Crippen LogP contribution in [0.3, 0.4) is 0 Å². The van der Waals surface area contributed by atoms with Gasteiger partial charge in [0, 0.05) is 6.20 Å². The number of aliphatic carboxylic acids is 1. The largest absolute Gasteiger partial charge is 0.505 e. The Balaban J connectivity index is 2.93. The molecule has 0 unspecified atom stereocenters. The van der Waals surface area contributed by atoms with Gasteiger partial charge in [0.15, 0.2) is 5.69 Å². The number of carbonyl (C=O) groups is 2. The number of aromatic nitrogens is 1. The first kappa shape index (κ1) is 14.0. The van der Waals surface area contributed by atoms with Gasteiger partial charge in [0.25, 0.3) is 5.91 Å². The average Bonchev–Trinajstić information content (AvgIpc) is 2.24. The molecule has 98 valence electrons. The summed E-state index contributed by atoms with van der Waals surface area (Å²) in [5.41, 5.74) is -0.834. The SMILES string of the molecule is CC(C)(C)[C@@H](NC(=O)c1ncccc1O)C(=O)O. The van der Waals surface area contributed by atoms with Crippen LogP contribution in [-0.4, -0.2) is 33.1 Å². The highest BCUT2D eigenvalue weighted by Gasteiger charge is 2.33. The Morgan fingerprint density at radius 3 is 2.44 bits per heavy atom. The molecule has 1 heterocycles. The second-order valence-electron chi connectivity index (χ2n) is 4.98. The fraction of sp³-hybridized carbons (Fsp3) is 0.417. The summed E-state index contributed by atoms with van der Waals surface area (Å²) < 4.78 is 0. The molecule has 3 N–H and O–H groups in total. The molecular formula is C12H16N2O4. The summed E-state index contributed by atoms with van der Waals surface area (Å²) in [7, 11) is 0. The summed E-state index contributed by atoms with van der Waals surface area (Å²) in [4.78, 5) is 26.6. The van der Waals surface area contributed by atoms with Crippen molar-refractivity contribution in [2.24, 2.45) is 5.41 Å². The monoisotopic (exact) mass is 252 g/mol. The fourth-order valence-electron chi connectivity index (χ4n) is 1.42. The van der Waals surface area contributed by atoms with Crippen LogP contribution in [-0.2, 0) is 4.79 Å². The van der Waals surface area contributed by atoms with E-state index < -0.39 is 23.3 Å². The number of aromatic hydroxyl groups is 1. The van der Waals surface area contributed by atoms with Gasteiger partial charge in [-0.3, -0.25) is 4.79 Å². The van der Waals surface area contributed by atoms with Crippen molar-refractivity contribution in [2.75, 3.05) is 0 Å². The minimum atomic E-state index is -1.13. The number of rotatable bonds is 3. The lowest BCUT2D eigenvalue weighted by molar-refractivity contribution is -0.142. The number of hydrogen-bond acceptors (Lipinski definition) is 4. The van der Waals surface area contributed by atoms with Gasteiger partial charge < -0.3 is 15.5 Å². The number of pyridine rings is 1. The Morgan fingerprint density at radius 2 is 2.00 bits per heavy atom. The lowest BCUT2D eigenvalue weighted by Crippen LogP contribution is -2.49. The quantitative estimate of drug-likeness (QED) is 0.745. The Hall–Kier alpha value is -2.11. The summed E-state index contributed by atoms with van der Waals surface area (Å²) in [5.74, 6) is -2.13. The molecule has 0 bridgehead atoms. The van der Waals surface area contributed by atoms with Gasteiger partial charge in [0.2, 0.25) is 0 Å². The molecule has 0 saturated heterocycles. The Kier molecular flexibility index (Phi) is 3.90.